The lowest BCUT2D eigenvalue weighted by Gasteiger charge is -2.14. The van der Waals surface area contributed by atoms with Crippen molar-refractivity contribution in [2.45, 2.75) is 26.4 Å². The average molecular weight is 356 g/mol. The number of carbonyl (C=O) groups excluding carboxylic acids is 2. The lowest BCUT2D eigenvalue weighted by molar-refractivity contribution is -0.158. The number of carbonyl (C=O) groups is 2. The van der Waals surface area contributed by atoms with Gasteiger partial charge < -0.3 is 18.9 Å². The van der Waals surface area contributed by atoms with E-state index < -0.39 is 24.5 Å². The van der Waals surface area contributed by atoms with E-state index in [2.05, 4.69) is 0 Å². The number of benzene rings is 2. The number of hydrogen-bond acceptors (Lipinski definition) is 6. The maximum Gasteiger partial charge on any atom is 0.334 e. The third kappa shape index (κ3) is 7.09. The van der Waals surface area contributed by atoms with Crippen LogP contribution in [0.5, 0.6) is 11.5 Å². The van der Waals surface area contributed by atoms with E-state index in [0.29, 0.717) is 11.5 Å². The van der Waals surface area contributed by atoms with Gasteiger partial charge in [0.2, 0.25) is 12.6 Å². The van der Waals surface area contributed by atoms with Gasteiger partial charge in [-0.05, 0) is 24.3 Å². The first-order chi connectivity index (χ1) is 12.5. The van der Waals surface area contributed by atoms with Crippen LogP contribution < -0.4 is 9.47 Å². The summed E-state index contributed by atoms with van der Waals surface area (Å²) in [5.41, 5.74) is 0. The van der Waals surface area contributed by atoms with E-state index >= 15 is 0 Å². The van der Waals surface area contributed by atoms with Crippen LogP contribution >= 0.6 is 0 Å². The summed E-state index contributed by atoms with van der Waals surface area (Å²) in [5, 5.41) is 0. The molecule has 0 saturated carbocycles. The van der Waals surface area contributed by atoms with Crippen molar-refractivity contribution in [3.63, 3.8) is 0 Å². The lowest BCUT2D eigenvalue weighted by Crippen LogP contribution is -2.21. The smallest absolute Gasteiger partial charge is 0.334 e. The van der Waals surface area contributed by atoms with Crippen LogP contribution in [0.3, 0.4) is 0 Å². The summed E-state index contributed by atoms with van der Waals surface area (Å²) in [6, 6.07) is 17.9. The molecule has 0 heterocycles. The highest BCUT2D eigenvalue weighted by atomic mass is 16.7. The summed E-state index contributed by atoms with van der Waals surface area (Å²) in [6.07, 6.45) is 0.349. The monoisotopic (exact) mass is 356 g/mol. The Morgan fingerprint density at radius 2 is 1.04 bits per heavy atom. The molecule has 6 nitrogen and oxygen atoms in total. The fraction of sp³-hybridized carbons (Fsp3) is 0.200. The third-order valence-electron chi connectivity index (χ3n) is 3.01. The SMILES string of the molecule is CC(OC(=O)/C=C\C(=O)OC(C)Oc1ccccc1)Oc1ccccc1. The normalized spacial score (nSPS) is 12.8. The second-order valence-electron chi connectivity index (χ2n) is 5.20. The fourth-order valence-corrected chi connectivity index (χ4v) is 1.97. The molecule has 0 spiro atoms. The van der Waals surface area contributed by atoms with Gasteiger partial charge in [-0.15, -0.1) is 0 Å². The van der Waals surface area contributed by atoms with E-state index in [0.717, 1.165) is 12.2 Å². The zero-order valence-corrected chi connectivity index (χ0v) is 14.5. The summed E-state index contributed by atoms with van der Waals surface area (Å²) >= 11 is 0. The molecule has 136 valence electrons. The van der Waals surface area contributed by atoms with E-state index in [4.69, 9.17) is 18.9 Å². The van der Waals surface area contributed by atoms with Crippen LogP contribution in [0.1, 0.15) is 13.8 Å². The number of para-hydroxylation sites is 2. The molecule has 2 aromatic rings. The molecule has 0 aliphatic rings. The first-order valence-corrected chi connectivity index (χ1v) is 8.05. The molecule has 0 radical (unpaired) electrons. The lowest BCUT2D eigenvalue weighted by atomic mass is 10.3. The maximum atomic E-state index is 11.7. The number of ether oxygens (including phenoxy) is 4. The van der Waals surface area contributed by atoms with Gasteiger partial charge in [-0.3, -0.25) is 0 Å². The Morgan fingerprint density at radius 1 is 0.692 bits per heavy atom. The second-order valence-corrected chi connectivity index (χ2v) is 5.20. The van der Waals surface area contributed by atoms with Gasteiger partial charge in [0, 0.05) is 26.0 Å². The zero-order valence-electron chi connectivity index (χ0n) is 14.5. The first-order valence-electron chi connectivity index (χ1n) is 8.05. The van der Waals surface area contributed by atoms with Crippen molar-refractivity contribution in [1.82, 2.24) is 0 Å². The Balaban J connectivity index is 1.73. The molecule has 0 amide bonds. The molecule has 2 unspecified atom stereocenters. The predicted molar refractivity (Wildman–Crippen MR) is 94.4 cm³/mol. The summed E-state index contributed by atoms with van der Waals surface area (Å²) in [4.78, 5) is 23.4. The number of rotatable bonds is 8. The minimum Gasteiger partial charge on any atom is -0.455 e. The maximum absolute atomic E-state index is 11.7. The Kier molecular flexibility index (Phi) is 7.24. The zero-order chi connectivity index (χ0) is 18.8. The van der Waals surface area contributed by atoms with E-state index in [-0.39, 0.29) is 0 Å². The summed E-state index contributed by atoms with van der Waals surface area (Å²) in [5.74, 6) is -0.296. The van der Waals surface area contributed by atoms with Gasteiger partial charge in [0.25, 0.3) is 0 Å². The van der Waals surface area contributed by atoms with Crippen LogP contribution in [-0.2, 0) is 19.1 Å². The molecule has 2 atom stereocenters. The Bertz CT molecular complexity index is 663. The number of hydrogen-bond donors (Lipinski definition) is 0. The molecule has 2 aromatic carbocycles. The van der Waals surface area contributed by atoms with Crippen molar-refractivity contribution in [3.05, 3.63) is 72.8 Å². The van der Waals surface area contributed by atoms with Gasteiger partial charge in [-0.2, -0.15) is 0 Å². The van der Waals surface area contributed by atoms with Crippen LogP contribution in [0, 0.1) is 0 Å². The van der Waals surface area contributed by atoms with E-state index in [1.54, 1.807) is 62.4 Å². The van der Waals surface area contributed by atoms with Gasteiger partial charge >= 0.3 is 11.9 Å². The van der Waals surface area contributed by atoms with Gasteiger partial charge in [-0.25, -0.2) is 9.59 Å². The van der Waals surface area contributed by atoms with Gasteiger partial charge in [0.1, 0.15) is 11.5 Å². The van der Waals surface area contributed by atoms with Crippen LogP contribution in [-0.4, -0.2) is 24.5 Å². The second kappa shape index (κ2) is 9.88. The third-order valence-corrected chi connectivity index (χ3v) is 3.01. The van der Waals surface area contributed by atoms with Crippen LogP contribution in [0.4, 0.5) is 0 Å². The van der Waals surface area contributed by atoms with Gasteiger partial charge in [0.05, 0.1) is 0 Å². The highest BCUT2D eigenvalue weighted by molar-refractivity contribution is 5.91. The molecule has 2 rings (SSSR count). The Labute approximate surface area is 151 Å². The minimum atomic E-state index is -0.800. The van der Waals surface area contributed by atoms with E-state index in [1.165, 1.54) is 0 Å². The number of esters is 2. The van der Waals surface area contributed by atoms with Crippen molar-refractivity contribution in [2.75, 3.05) is 0 Å². The van der Waals surface area contributed by atoms with E-state index in [1.807, 2.05) is 12.1 Å². The van der Waals surface area contributed by atoms with Crippen molar-refractivity contribution in [3.8, 4) is 11.5 Å². The quantitative estimate of drug-likeness (QED) is 0.410. The van der Waals surface area contributed by atoms with Crippen molar-refractivity contribution in [1.29, 1.82) is 0 Å². The van der Waals surface area contributed by atoms with Gasteiger partial charge in [0.15, 0.2) is 0 Å². The van der Waals surface area contributed by atoms with Crippen LogP contribution in [0.15, 0.2) is 72.8 Å². The summed E-state index contributed by atoms with van der Waals surface area (Å²) < 4.78 is 20.9. The molecular weight excluding hydrogens is 336 g/mol. The van der Waals surface area contributed by atoms with E-state index in [9.17, 15) is 9.59 Å². The largest absolute Gasteiger partial charge is 0.455 e. The molecule has 0 aliphatic carbocycles. The molecule has 26 heavy (non-hydrogen) atoms. The molecule has 0 fully saturated rings. The van der Waals surface area contributed by atoms with Crippen LogP contribution in [0.25, 0.3) is 0 Å². The first kappa shape index (κ1) is 19.1. The molecule has 0 aliphatic heterocycles. The summed E-state index contributed by atoms with van der Waals surface area (Å²) in [6.45, 7) is 3.15. The van der Waals surface area contributed by atoms with Crippen molar-refractivity contribution < 1.29 is 28.5 Å². The Hall–Kier alpha value is -3.28. The molecule has 0 aromatic heterocycles. The predicted octanol–water partition coefficient (Wildman–Crippen LogP) is 3.48. The van der Waals surface area contributed by atoms with Crippen LogP contribution in [0.2, 0.25) is 0 Å². The Morgan fingerprint density at radius 3 is 1.38 bits per heavy atom. The average Bonchev–Trinajstić information content (AvgIpc) is 2.61. The highest BCUT2D eigenvalue weighted by Gasteiger charge is 2.11. The molecule has 0 N–H and O–H groups in total. The highest BCUT2D eigenvalue weighted by Crippen LogP contribution is 2.12. The standard InChI is InChI=1S/C20H20O6/c1-15(23-17-9-5-3-6-10-17)25-19(21)13-14-20(22)26-16(2)24-18-11-7-4-8-12-18/h3-16H,1-2H3/b14-13-. The minimum absolute atomic E-state index is 0.572. The summed E-state index contributed by atoms with van der Waals surface area (Å²) in [7, 11) is 0. The topological polar surface area (TPSA) is 71.1 Å². The van der Waals surface area contributed by atoms with Crippen molar-refractivity contribution >= 4 is 11.9 Å². The molecular formula is C20H20O6. The van der Waals surface area contributed by atoms with Gasteiger partial charge in [-0.1, -0.05) is 36.4 Å². The molecule has 0 saturated heterocycles. The molecule has 6 heteroatoms. The fourth-order valence-electron chi connectivity index (χ4n) is 1.97. The van der Waals surface area contributed by atoms with Crippen molar-refractivity contribution in [2.24, 2.45) is 0 Å². The molecule has 0 bridgehead atoms.